The molecule has 0 saturated heterocycles. The fraction of sp³-hybridized carbons (Fsp3) is 0.385. The van der Waals surface area contributed by atoms with Crippen molar-refractivity contribution in [2.75, 3.05) is 6.61 Å². The van der Waals surface area contributed by atoms with E-state index in [1.165, 1.54) is 0 Å². The molecule has 0 atom stereocenters. The highest BCUT2D eigenvalue weighted by molar-refractivity contribution is 5.22. The van der Waals surface area contributed by atoms with Gasteiger partial charge in [-0.15, -0.1) is 5.10 Å². The van der Waals surface area contributed by atoms with Crippen molar-refractivity contribution in [3.63, 3.8) is 0 Å². The van der Waals surface area contributed by atoms with Gasteiger partial charge in [0, 0.05) is 19.3 Å². The summed E-state index contributed by atoms with van der Waals surface area (Å²) in [7, 11) is 0. The van der Waals surface area contributed by atoms with Gasteiger partial charge in [-0.25, -0.2) is 4.68 Å². The van der Waals surface area contributed by atoms with Crippen LogP contribution in [0.4, 0.5) is 0 Å². The first-order valence-electron chi connectivity index (χ1n) is 6.21. The second-order valence-corrected chi connectivity index (χ2v) is 4.28. The number of nitrogens with zero attached hydrogens (tertiary/aromatic N) is 3. The molecule has 19 heavy (non-hydrogen) atoms. The van der Waals surface area contributed by atoms with E-state index in [9.17, 15) is 0 Å². The molecule has 0 saturated carbocycles. The van der Waals surface area contributed by atoms with Gasteiger partial charge in [-0.1, -0.05) is 29.5 Å². The third-order valence-corrected chi connectivity index (χ3v) is 2.72. The Morgan fingerprint density at radius 2 is 2.00 bits per heavy atom. The third kappa shape index (κ3) is 4.13. The normalized spacial score (nSPS) is 10.8. The number of rotatable bonds is 7. The average Bonchev–Trinajstić information content (AvgIpc) is 2.87. The predicted octanol–water partition coefficient (Wildman–Crippen LogP) is 0.0525. The van der Waals surface area contributed by atoms with Crippen molar-refractivity contribution >= 4 is 0 Å². The van der Waals surface area contributed by atoms with Gasteiger partial charge in [-0.2, -0.15) is 0 Å². The number of aromatic nitrogens is 3. The first kappa shape index (κ1) is 13.7. The van der Waals surface area contributed by atoms with Gasteiger partial charge in [-0.05, 0) is 11.1 Å². The zero-order chi connectivity index (χ0) is 13.5. The van der Waals surface area contributed by atoms with Crippen LogP contribution in [0.1, 0.15) is 16.8 Å². The Labute approximate surface area is 111 Å². The van der Waals surface area contributed by atoms with E-state index in [4.69, 9.17) is 10.2 Å². The molecule has 0 bridgehead atoms. The minimum atomic E-state index is 0.0589. The van der Waals surface area contributed by atoms with E-state index in [0.717, 1.165) is 16.8 Å². The lowest BCUT2D eigenvalue weighted by Crippen LogP contribution is -2.13. The van der Waals surface area contributed by atoms with Crippen LogP contribution in [-0.2, 0) is 26.2 Å². The molecule has 6 heteroatoms. The van der Waals surface area contributed by atoms with Crippen LogP contribution in [0.25, 0.3) is 0 Å². The molecule has 0 aliphatic carbocycles. The van der Waals surface area contributed by atoms with Crippen molar-refractivity contribution < 1.29 is 10.2 Å². The van der Waals surface area contributed by atoms with Crippen LogP contribution in [0.5, 0.6) is 0 Å². The van der Waals surface area contributed by atoms with Gasteiger partial charge in [0.2, 0.25) is 0 Å². The first-order chi connectivity index (χ1) is 9.31. The molecule has 1 heterocycles. The van der Waals surface area contributed by atoms with Gasteiger partial charge < -0.3 is 15.5 Å². The zero-order valence-corrected chi connectivity index (χ0v) is 10.7. The second kappa shape index (κ2) is 6.98. The molecule has 2 aromatic rings. The van der Waals surface area contributed by atoms with E-state index < -0.39 is 0 Å². The highest BCUT2D eigenvalue weighted by Gasteiger charge is 2.00. The Kier molecular flexibility index (Phi) is 5.02. The van der Waals surface area contributed by atoms with Crippen molar-refractivity contribution in [3.8, 4) is 0 Å². The van der Waals surface area contributed by atoms with E-state index in [2.05, 4.69) is 15.6 Å². The second-order valence-electron chi connectivity index (χ2n) is 4.28. The first-order valence-corrected chi connectivity index (χ1v) is 6.21. The molecule has 0 spiro atoms. The molecule has 0 aliphatic rings. The minimum Gasteiger partial charge on any atom is -0.394 e. The Balaban J connectivity index is 1.81. The number of hydrogen-bond donors (Lipinski definition) is 3. The van der Waals surface area contributed by atoms with Crippen LogP contribution < -0.4 is 5.32 Å². The van der Waals surface area contributed by atoms with Crippen LogP contribution in [0.15, 0.2) is 30.5 Å². The van der Waals surface area contributed by atoms with Crippen LogP contribution >= 0.6 is 0 Å². The molecule has 2 rings (SSSR count). The molecule has 0 radical (unpaired) electrons. The maximum Gasteiger partial charge on any atom is 0.0964 e. The van der Waals surface area contributed by atoms with Gasteiger partial charge in [0.15, 0.2) is 0 Å². The summed E-state index contributed by atoms with van der Waals surface area (Å²) >= 11 is 0. The van der Waals surface area contributed by atoms with Crippen LogP contribution in [0, 0.1) is 0 Å². The van der Waals surface area contributed by atoms with E-state index in [-0.39, 0.29) is 13.2 Å². The van der Waals surface area contributed by atoms with Gasteiger partial charge in [-0.3, -0.25) is 0 Å². The van der Waals surface area contributed by atoms with E-state index in [0.29, 0.717) is 19.6 Å². The van der Waals surface area contributed by atoms with Gasteiger partial charge in [0.1, 0.15) is 0 Å². The molecule has 0 aliphatic heterocycles. The van der Waals surface area contributed by atoms with Crippen molar-refractivity contribution in [3.05, 3.63) is 47.3 Å². The van der Waals surface area contributed by atoms with Gasteiger partial charge in [0.05, 0.1) is 25.5 Å². The Morgan fingerprint density at radius 1 is 1.16 bits per heavy atom. The molecule has 3 N–H and O–H groups in total. The van der Waals surface area contributed by atoms with E-state index in [1.807, 2.05) is 30.5 Å². The zero-order valence-electron chi connectivity index (χ0n) is 10.7. The monoisotopic (exact) mass is 262 g/mol. The smallest absolute Gasteiger partial charge is 0.0964 e. The molecule has 102 valence electrons. The number of nitrogens with one attached hydrogen (secondary N) is 1. The van der Waals surface area contributed by atoms with Gasteiger partial charge >= 0.3 is 0 Å². The number of hydrogen-bond acceptors (Lipinski definition) is 5. The molecule has 1 aromatic heterocycles. The standard InChI is InChI=1S/C13H18N4O2/c18-5-4-17-9-13(15-16-17)8-14-7-11-2-1-3-12(6-11)10-19/h1-3,6,9,14,18-19H,4-5,7-8,10H2. The fourth-order valence-electron chi connectivity index (χ4n) is 1.80. The Bertz CT molecular complexity index is 513. The highest BCUT2D eigenvalue weighted by Crippen LogP contribution is 2.05. The molecule has 0 fully saturated rings. The van der Waals surface area contributed by atoms with Crippen molar-refractivity contribution in [1.29, 1.82) is 0 Å². The van der Waals surface area contributed by atoms with Crippen LogP contribution in [0.2, 0.25) is 0 Å². The minimum absolute atomic E-state index is 0.0589. The summed E-state index contributed by atoms with van der Waals surface area (Å²) in [5.41, 5.74) is 2.87. The summed E-state index contributed by atoms with van der Waals surface area (Å²) < 4.78 is 1.61. The Morgan fingerprint density at radius 3 is 2.79 bits per heavy atom. The fourth-order valence-corrected chi connectivity index (χ4v) is 1.80. The molecule has 0 unspecified atom stereocenters. The van der Waals surface area contributed by atoms with Crippen LogP contribution in [0.3, 0.4) is 0 Å². The molecule has 0 amide bonds. The van der Waals surface area contributed by atoms with Crippen molar-refractivity contribution in [2.45, 2.75) is 26.2 Å². The summed E-state index contributed by atoms with van der Waals surface area (Å²) in [6.45, 7) is 1.91. The largest absolute Gasteiger partial charge is 0.394 e. The third-order valence-electron chi connectivity index (χ3n) is 2.72. The SMILES string of the molecule is OCCn1cc(CNCc2cccc(CO)c2)nn1. The van der Waals surface area contributed by atoms with E-state index >= 15 is 0 Å². The molecule has 6 nitrogen and oxygen atoms in total. The Hall–Kier alpha value is -1.76. The number of aliphatic hydroxyl groups excluding tert-OH is 2. The summed E-state index contributed by atoms with van der Waals surface area (Å²) in [6, 6.07) is 7.80. The quantitative estimate of drug-likeness (QED) is 0.657. The lowest BCUT2D eigenvalue weighted by atomic mass is 10.1. The lowest BCUT2D eigenvalue weighted by Gasteiger charge is -2.04. The number of benzene rings is 1. The topological polar surface area (TPSA) is 83.2 Å². The van der Waals surface area contributed by atoms with E-state index in [1.54, 1.807) is 4.68 Å². The van der Waals surface area contributed by atoms with Crippen molar-refractivity contribution in [2.24, 2.45) is 0 Å². The molecular weight excluding hydrogens is 244 g/mol. The highest BCUT2D eigenvalue weighted by atomic mass is 16.3. The average molecular weight is 262 g/mol. The maximum absolute atomic E-state index is 9.06. The van der Waals surface area contributed by atoms with Gasteiger partial charge in [0.25, 0.3) is 0 Å². The summed E-state index contributed by atoms with van der Waals surface area (Å²) in [5, 5.41) is 29.0. The maximum atomic E-state index is 9.06. The summed E-state index contributed by atoms with van der Waals surface area (Å²) in [5.74, 6) is 0. The molecular formula is C13H18N4O2. The number of aliphatic hydroxyl groups is 2. The van der Waals surface area contributed by atoms with Crippen molar-refractivity contribution in [1.82, 2.24) is 20.3 Å². The lowest BCUT2D eigenvalue weighted by molar-refractivity contribution is 0.268. The van der Waals surface area contributed by atoms with Crippen LogP contribution in [-0.4, -0.2) is 31.8 Å². The molecule has 1 aromatic carbocycles. The summed E-state index contributed by atoms with van der Waals surface area (Å²) in [6.07, 6.45) is 1.81. The predicted molar refractivity (Wildman–Crippen MR) is 70.0 cm³/mol. The summed E-state index contributed by atoms with van der Waals surface area (Å²) in [4.78, 5) is 0.